The number of halogens is 1. The van der Waals surface area contributed by atoms with E-state index in [4.69, 9.17) is 31.5 Å². The Balaban J connectivity index is 1.45. The average molecular weight is 611 g/mol. The van der Waals surface area contributed by atoms with E-state index in [1.165, 1.54) is 32.1 Å². The summed E-state index contributed by atoms with van der Waals surface area (Å²) in [6, 6.07) is 3.17. The van der Waals surface area contributed by atoms with Crippen LogP contribution in [0.2, 0.25) is 5.02 Å². The molecule has 0 saturated carbocycles. The van der Waals surface area contributed by atoms with Crippen LogP contribution < -0.4 is 21.1 Å². The quantitative estimate of drug-likeness (QED) is 0.116. The van der Waals surface area contributed by atoms with Gasteiger partial charge in [0.15, 0.2) is 0 Å². The molecule has 0 spiro atoms. The predicted molar refractivity (Wildman–Crippen MR) is 166 cm³/mol. The maximum absolute atomic E-state index is 12.5. The number of esters is 1. The second-order valence-corrected chi connectivity index (χ2v) is 12.3. The van der Waals surface area contributed by atoms with Crippen molar-refractivity contribution in [3.8, 4) is 5.75 Å². The van der Waals surface area contributed by atoms with Gasteiger partial charge in [-0.3, -0.25) is 9.69 Å². The molecule has 1 heterocycles. The normalized spacial score (nSPS) is 14.3. The average Bonchev–Trinajstić information content (AvgIpc) is 2.92. The van der Waals surface area contributed by atoms with Crippen molar-refractivity contribution in [2.75, 3.05) is 45.6 Å². The number of rotatable bonds is 17. The van der Waals surface area contributed by atoms with Crippen molar-refractivity contribution in [2.45, 2.75) is 103 Å². The van der Waals surface area contributed by atoms with E-state index in [0.717, 1.165) is 64.5 Å². The number of benzene rings is 1. The first-order valence-electron chi connectivity index (χ1n) is 15.3. The second kappa shape index (κ2) is 18.7. The first kappa shape index (κ1) is 35.5. The number of unbranched alkanes of at least 4 members (excludes halogenated alkanes) is 7. The standard InChI is InChI=1S/C31H51ClN4O6/c1-31(2,3)42-30(39)34-16-12-10-8-6-5-7-9-11-13-28(37)35-23-14-17-36(18-15-23)19-20-41-29(38)24-21-25(32)26(33)22-27(24)40-4/h21-23H,5-20,33H2,1-4H3,(H,34,39)(H,35,37). The summed E-state index contributed by atoms with van der Waals surface area (Å²) in [4.78, 5) is 38.7. The summed E-state index contributed by atoms with van der Waals surface area (Å²) in [6.07, 6.45) is 10.7. The number of nitrogens with zero attached hydrogens (tertiary/aromatic N) is 1. The molecule has 1 aliphatic rings. The topological polar surface area (TPSA) is 132 Å². The van der Waals surface area contributed by atoms with E-state index < -0.39 is 11.6 Å². The predicted octanol–water partition coefficient (Wildman–Crippen LogP) is 5.70. The minimum Gasteiger partial charge on any atom is -0.496 e. The zero-order valence-electron chi connectivity index (χ0n) is 25.9. The van der Waals surface area contributed by atoms with E-state index in [2.05, 4.69) is 15.5 Å². The van der Waals surface area contributed by atoms with Crippen LogP contribution in [-0.4, -0.2) is 74.4 Å². The van der Waals surface area contributed by atoms with Gasteiger partial charge in [0.25, 0.3) is 0 Å². The Labute approximate surface area is 256 Å². The zero-order chi connectivity index (χ0) is 31.0. The summed E-state index contributed by atoms with van der Waals surface area (Å²) in [5.74, 6) is -0.0341. The Morgan fingerprint density at radius 1 is 1.00 bits per heavy atom. The van der Waals surface area contributed by atoms with Crippen molar-refractivity contribution < 1.29 is 28.6 Å². The van der Waals surface area contributed by atoms with E-state index in [-0.39, 0.29) is 35.2 Å². The highest BCUT2D eigenvalue weighted by Gasteiger charge is 2.22. The van der Waals surface area contributed by atoms with Crippen LogP contribution >= 0.6 is 11.6 Å². The summed E-state index contributed by atoms with van der Waals surface area (Å²) in [7, 11) is 1.46. The number of likely N-dealkylation sites (tertiary alicyclic amines) is 1. The molecule has 1 fully saturated rings. The van der Waals surface area contributed by atoms with Gasteiger partial charge in [-0.15, -0.1) is 0 Å². The third kappa shape index (κ3) is 14.4. The Kier molecular flexibility index (Phi) is 15.8. The fourth-order valence-electron chi connectivity index (χ4n) is 4.82. The number of hydrogen-bond donors (Lipinski definition) is 3. The molecule has 0 unspecified atom stereocenters. The van der Waals surface area contributed by atoms with Crippen molar-refractivity contribution >= 4 is 35.3 Å². The number of nitrogens with two attached hydrogens (primary N) is 1. The number of amides is 2. The number of carbonyl (C=O) groups is 3. The molecule has 0 radical (unpaired) electrons. The molecule has 1 aliphatic heterocycles. The summed E-state index contributed by atoms with van der Waals surface area (Å²) >= 11 is 6.04. The molecule has 1 aromatic carbocycles. The number of alkyl carbamates (subject to hydrolysis) is 1. The lowest BCUT2D eigenvalue weighted by atomic mass is 10.0. The number of hydrogen-bond acceptors (Lipinski definition) is 8. The molecular formula is C31H51ClN4O6. The number of anilines is 1. The van der Waals surface area contributed by atoms with Gasteiger partial charge in [0.1, 0.15) is 23.5 Å². The van der Waals surface area contributed by atoms with E-state index in [0.29, 0.717) is 30.9 Å². The molecule has 1 saturated heterocycles. The lowest BCUT2D eigenvalue weighted by Crippen LogP contribution is -2.45. The molecule has 0 aliphatic carbocycles. The maximum Gasteiger partial charge on any atom is 0.407 e. The van der Waals surface area contributed by atoms with E-state index >= 15 is 0 Å². The van der Waals surface area contributed by atoms with Crippen LogP contribution in [0.3, 0.4) is 0 Å². The van der Waals surface area contributed by atoms with Gasteiger partial charge in [-0.05, 0) is 52.5 Å². The van der Waals surface area contributed by atoms with Gasteiger partial charge >= 0.3 is 12.1 Å². The number of ether oxygens (including phenoxy) is 3. The van der Waals surface area contributed by atoms with E-state index in [9.17, 15) is 14.4 Å². The van der Waals surface area contributed by atoms with Gasteiger partial charge in [-0.2, -0.15) is 0 Å². The molecule has 2 amide bonds. The van der Waals surface area contributed by atoms with Crippen molar-refractivity contribution in [1.82, 2.24) is 15.5 Å². The maximum atomic E-state index is 12.5. The summed E-state index contributed by atoms with van der Waals surface area (Å²) < 4.78 is 15.9. The van der Waals surface area contributed by atoms with Crippen LogP contribution in [0.4, 0.5) is 10.5 Å². The van der Waals surface area contributed by atoms with Crippen molar-refractivity contribution in [3.05, 3.63) is 22.7 Å². The molecule has 10 nitrogen and oxygen atoms in total. The van der Waals surface area contributed by atoms with Gasteiger partial charge < -0.3 is 30.6 Å². The number of nitrogen functional groups attached to an aromatic ring is 1. The third-order valence-electron chi connectivity index (χ3n) is 7.13. The number of methoxy groups -OCH3 is 1. The Morgan fingerprint density at radius 2 is 1.62 bits per heavy atom. The fraction of sp³-hybridized carbons (Fsp3) is 0.710. The van der Waals surface area contributed by atoms with Gasteiger partial charge in [-0.25, -0.2) is 9.59 Å². The van der Waals surface area contributed by atoms with Crippen LogP contribution in [0.5, 0.6) is 5.75 Å². The lowest BCUT2D eigenvalue weighted by Gasteiger charge is -2.32. The van der Waals surface area contributed by atoms with Crippen molar-refractivity contribution in [1.29, 1.82) is 0 Å². The highest BCUT2D eigenvalue weighted by molar-refractivity contribution is 6.33. The number of carbonyl (C=O) groups excluding carboxylic acids is 3. The molecule has 0 atom stereocenters. The summed E-state index contributed by atoms with van der Waals surface area (Å²) in [5.41, 5.74) is 5.90. The van der Waals surface area contributed by atoms with Gasteiger partial charge in [0.2, 0.25) is 5.91 Å². The summed E-state index contributed by atoms with van der Waals surface area (Å²) in [5, 5.41) is 6.26. The molecule has 42 heavy (non-hydrogen) atoms. The van der Waals surface area contributed by atoms with Crippen LogP contribution in [-0.2, 0) is 14.3 Å². The van der Waals surface area contributed by atoms with E-state index in [1.807, 2.05) is 20.8 Å². The first-order chi connectivity index (χ1) is 20.0. The lowest BCUT2D eigenvalue weighted by molar-refractivity contribution is -0.122. The molecule has 4 N–H and O–H groups in total. The second-order valence-electron chi connectivity index (χ2n) is 11.9. The van der Waals surface area contributed by atoms with Crippen LogP contribution in [0.25, 0.3) is 0 Å². The Hall–Kier alpha value is -2.72. The molecule has 1 aromatic rings. The molecule has 0 aromatic heterocycles. The van der Waals surface area contributed by atoms with Crippen LogP contribution in [0, 0.1) is 0 Å². The largest absolute Gasteiger partial charge is 0.496 e. The van der Waals surface area contributed by atoms with E-state index in [1.54, 1.807) is 0 Å². The monoisotopic (exact) mass is 610 g/mol. The van der Waals surface area contributed by atoms with Gasteiger partial charge in [-0.1, -0.05) is 50.1 Å². The minimum absolute atomic E-state index is 0.135. The highest BCUT2D eigenvalue weighted by Crippen LogP contribution is 2.29. The fourth-order valence-corrected chi connectivity index (χ4v) is 4.98. The SMILES string of the molecule is COc1cc(N)c(Cl)cc1C(=O)OCCN1CCC(NC(=O)CCCCCCCCCCNC(=O)OC(C)(C)C)CC1. The summed E-state index contributed by atoms with van der Waals surface area (Å²) in [6.45, 7) is 8.79. The number of nitrogens with one attached hydrogen (secondary N) is 2. The molecule has 0 bridgehead atoms. The first-order valence-corrected chi connectivity index (χ1v) is 15.6. The molecule has 11 heteroatoms. The zero-order valence-corrected chi connectivity index (χ0v) is 26.7. The molecule has 2 rings (SSSR count). The van der Waals surface area contributed by atoms with Gasteiger partial charge in [0, 0.05) is 44.7 Å². The smallest absolute Gasteiger partial charge is 0.407 e. The van der Waals surface area contributed by atoms with Crippen LogP contribution in [0.1, 0.15) is 102 Å². The Morgan fingerprint density at radius 3 is 2.24 bits per heavy atom. The molecule has 238 valence electrons. The van der Waals surface area contributed by atoms with Crippen molar-refractivity contribution in [3.63, 3.8) is 0 Å². The number of piperidine rings is 1. The minimum atomic E-state index is -0.499. The van der Waals surface area contributed by atoms with Crippen LogP contribution in [0.15, 0.2) is 12.1 Å². The third-order valence-corrected chi connectivity index (χ3v) is 7.46. The highest BCUT2D eigenvalue weighted by atomic mass is 35.5. The van der Waals surface area contributed by atoms with Gasteiger partial charge in [0.05, 0.1) is 17.8 Å². The Bertz CT molecular complexity index is 992. The van der Waals surface area contributed by atoms with Crippen molar-refractivity contribution in [2.24, 2.45) is 0 Å². The molecular weight excluding hydrogens is 560 g/mol.